The van der Waals surface area contributed by atoms with Crippen molar-refractivity contribution in [2.45, 2.75) is 13.5 Å². The molecule has 0 aliphatic carbocycles. The normalized spacial score (nSPS) is 10.6. The largest absolute Gasteiger partial charge is 0.381 e. The van der Waals surface area contributed by atoms with Gasteiger partial charge in [-0.05, 0) is 41.0 Å². The van der Waals surface area contributed by atoms with Gasteiger partial charge in [-0.2, -0.15) is 0 Å². The lowest BCUT2D eigenvalue weighted by atomic mass is 10.0. The van der Waals surface area contributed by atoms with Crippen LogP contribution in [0.15, 0.2) is 66.7 Å². The summed E-state index contributed by atoms with van der Waals surface area (Å²) in [7, 11) is 0. The van der Waals surface area contributed by atoms with Crippen molar-refractivity contribution < 1.29 is 0 Å². The summed E-state index contributed by atoms with van der Waals surface area (Å²) in [5.41, 5.74) is 3.79. The van der Waals surface area contributed by atoms with Crippen LogP contribution in [0.1, 0.15) is 11.1 Å². The third-order valence-electron chi connectivity index (χ3n) is 3.38. The van der Waals surface area contributed by atoms with Crippen molar-refractivity contribution >= 4 is 16.5 Å². The number of benzene rings is 3. The van der Waals surface area contributed by atoms with Gasteiger partial charge in [0.25, 0.3) is 0 Å². The second-order valence-corrected chi connectivity index (χ2v) is 4.86. The first kappa shape index (κ1) is 11.8. The van der Waals surface area contributed by atoms with Crippen LogP contribution in [0, 0.1) is 6.92 Å². The molecule has 1 nitrogen and oxygen atoms in total. The average molecular weight is 247 g/mol. The predicted molar refractivity (Wildman–Crippen MR) is 82.5 cm³/mol. The number of anilines is 1. The molecule has 0 atom stereocenters. The summed E-state index contributed by atoms with van der Waals surface area (Å²) in [5.74, 6) is 0. The van der Waals surface area contributed by atoms with E-state index in [0.29, 0.717) is 0 Å². The highest BCUT2D eigenvalue weighted by Crippen LogP contribution is 2.20. The summed E-state index contributed by atoms with van der Waals surface area (Å²) in [4.78, 5) is 0. The number of aryl methyl sites for hydroxylation is 1. The minimum absolute atomic E-state index is 0.852. The van der Waals surface area contributed by atoms with E-state index in [1.54, 1.807) is 0 Å². The van der Waals surface area contributed by atoms with E-state index in [9.17, 15) is 0 Å². The third kappa shape index (κ3) is 2.60. The number of hydrogen-bond acceptors (Lipinski definition) is 1. The van der Waals surface area contributed by atoms with Gasteiger partial charge in [0, 0.05) is 12.2 Å². The Kier molecular flexibility index (Phi) is 3.20. The van der Waals surface area contributed by atoms with Gasteiger partial charge in [0.05, 0.1) is 0 Å². The molecule has 0 amide bonds. The summed E-state index contributed by atoms with van der Waals surface area (Å²) in [5, 5.41) is 6.12. The molecule has 0 aromatic heterocycles. The van der Waals surface area contributed by atoms with Crippen LogP contribution in [0.5, 0.6) is 0 Å². The molecule has 0 saturated carbocycles. The highest BCUT2D eigenvalue weighted by atomic mass is 14.9. The number of hydrogen-bond donors (Lipinski definition) is 1. The highest BCUT2D eigenvalue weighted by molar-refractivity contribution is 5.85. The van der Waals surface area contributed by atoms with Crippen LogP contribution < -0.4 is 5.32 Å². The van der Waals surface area contributed by atoms with E-state index >= 15 is 0 Å². The zero-order chi connectivity index (χ0) is 13.1. The molecule has 19 heavy (non-hydrogen) atoms. The van der Waals surface area contributed by atoms with Crippen LogP contribution in [0.3, 0.4) is 0 Å². The van der Waals surface area contributed by atoms with Gasteiger partial charge in [-0.15, -0.1) is 0 Å². The van der Waals surface area contributed by atoms with Crippen LogP contribution >= 0.6 is 0 Å². The van der Waals surface area contributed by atoms with Gasteiger partial charge in [-0.3, -0.25) is 0 Å². The van der Waals surface area contributed by atoms with Crippen LogP contribution in [0.25, 0.3) is 10.8 Å². The minimum Gasteiger partial charge on any atom is -0.381 e. The van der Waals surface area contributed by atoms with Gasteiger partial charge in [0.1, 0.15) is 0 Å². The quantitative estimate of drug-likeness (QED) is 0.703. The Bertz CT molecular complexity index is 695. The first-order chi connectivity index (χ1) is 9.33. The molecule has 3 aromatic carbocycles. The van der Waals surface area contributed by atoms with E-state index in [0.717, 1.165) is 6.54 Å². The third-order valence-corrected chi connectivity index (χ3v) is 3.38. The lowest BCUT2D eigenvalue weighted by molar-refractivity contribution is 1.16. The standard InChI is InChI=1S/C18H17N/c1-14-6-4-10-17(12-14)19-13-16-9-5-8-15-7-2-3-11-18(15)16/h2-12,19H,13H2,1H3. The molecule has 0 spiro atoms. The summed E-state index contributed by atoms with van der Waals surface area (Å²) in [6.07, 6.45) is 0. The maximum atomic E-state index is 3.49. The van der Waals surface area contributed by atoms with E-state index in [4.69, 9.17) is 0 Å². The molecule has 0 heterocycles. The van der Waals surface area contributed by atoms with Gasteiger partial charge < -0.3 is 5.32 Å². The van der Waals surface area contributed by atoms with Crippen molar-refractivity contribution in [3.8, 4) is 0 Å². The fourth-order valence-electron chi connectivity index (χ4n) is 2.40. The summed E-state index contributed by atoms with van der Waals surface area (Å²) >= 11 is 0. The summed E-state index contributed by atoms with van der Waals surface area (Å²) in [6.45, 7) is 2.97. The lowest BCUT2D eigenvalue weighted by Crippen LogP contribution is -2.00. The van der Waals surface area contributed by atoms with E-state index in [-0.39, 0.29) is 0 Å². The number of nitrogens with one attached hydrogen (secondary N) is 1. The van der Waals surface area contributed by atoms with Crippen molar-refractivity contribution in [3.63, 3.8) is 0 Å². The topological polar surface area (TPSA) is 12.0 Å². The molecular formula is C18H17N. The fraction of sp³-hybridized carbons (Fsp3) is 0.111. The van der Waals surface area contributed by atoms with Crippen molar-refractivity contribution in [1.29, 1.82) is 0 Å². The SMILES string of the molecule is Cc1cccc(NCc2cccc3ccccc23)c1. The molecule has 1 N–H and O–H groups in total. The first-order valence-electron chi connectivity index (χ1n) is 6.60. The zero-order valence-electron chi connectivity index (χ0n) is 11.1. The molecule has 3 rings (SSSR count). The minimum atomic E-state index is 0.852. The Hall–Kier alpha value is -2.28. The lowest BCUT2D eigenvalue weighted by Gasteiger charge is -2.10. The van der Waals surface area contributed by atoms with E-state index < -0.39 is 0 Å². The van der Waals surface area contributed by atoms with Crippen LogP contribution in [-0.4, -0.2) is 0 Å². The molecule has 0 radical (unpaired) electrons. The molecule has 0 bridgehead atoms. The zero-order valence-corrected chi connectivity index (χ0v) is 11.1. The first-order valence-corrected chi connectivity index (χ1v) is 6.60. The van der Waals surface area contributed by atoms with Crippen molar-refractivity contribution in [2.75, 3.05) is 5.32 Å². The Morgan fingerprint density at radius 2 is 1.63 bits per heavy atom. The highest BCUT2D eigenvalue weighted by Gasteiger charge is 2.00. The van der Waals surface area contributed by atoms with E-state index in [2.05, 4.69) is 79.0 Å². The van der Waals surface area contributed by atoms with Crippen molar-refractivity contribution in [2.24, 2.45) is 0 Å². The van der Waals surface area contributed by atoms with Gasteiger partial charge in [0.15, 0.2) is 0 Å². The van der Waals surface area contributed by atoms with E-state index in [1.165, 1.54) is 27.6 Å². The number of fused-ring (bicyclic) bond motifs is 1. The van der Waals surface area contributed by atoms with Crippen LogP contribution in [-0.2, 0) is 6.54 Å². The van der Waals surface area contributed by atoms with Gasteiger partial charge >= 0.3 is 0 Å². The Labute approximate surface area is 113 Å². The molecule has 0 saturated heterocycles. The molecular weight excluding hydrogens is 230 g/mol. The number of rotatable bonds is 3. The molecule has 3 aromatic rings. The van der Waals surface area contributed by atoms with Gasteiger partial charge in [-0.25, -0.2) is 0 Å². The summed E-state index contributed by atoms with van der Waals surface area (Å²) in [6, 6.07) is 23.5. The average Bonchev–Trinajstić information content (AvgIpc) is 2.45. The Balaban J connectivity index is 1.86. The molecule has 94 valence electrons. The van der Waals surface area contributed by atoms with E-state index in [1.807, 2.05) is 0 Å². The van der Waals surface area contributed by atoms with Crippen LogP contribution in [0.4, 0.5) is 5.69 Å². The van der Waals surface area contributed by atoms with Gasteiger partial charge in [-0.1, -0.05) is 54.6 Å². The second-order valence-electron chi connectivity index (χ2n) is 4.86. The predicted octanol–water partition coefficient (Wildman–Crippen LogP) is 4.76. The molecule has 0 aliphatic rings. The maximum Gasteiger partial charge on any atom is 0.0406 e. The second kappa shape index (κ2) is 5.15. The van der Waals surface area contributed by atoms with Crippen molar-refractivity contribution in [3.05, 3.63) is 77.9 Å². The van der Waals surface area contributed by atoms with Crippen LogP contribution in [0.2, 0.25) is 0 Å². The van der Waals surface area contributed by atoms with Gasteiger partial charge in [0.2, 0.25) is 0 Å². The monoisotopic (exact) mass is 247 g/mol. The maximum absolute atomic E-state index is 3.49. The smallest absolute Gasteiger partial charge is 0.0406 e. The molecule has 0 unspecified atom stereocenters. The molecule has 1 heteroatoms. The fourth-order valence-corrected chi connectivity index (χ4v) is 2.40. The Morgan fingerprint density at radius 1 is 0.842 bits per heavy atom. The van der Waals surface area contributed by atoms with Crippen molar-refractivity contribution in [1.82, 2.24) is 0 Å². The molecule has 0 fully saturated rings. The Morgan fingerprint density at radius 3 is 2.53 bits per heavy atom. The molecule has 0 aliphatic heterocycles. The summed E-state index contributed by atoms with van der Waals surface area (Å²) < 4.78 is 0.